The zero-order valence-corrected chi connectivity index (χ0v) is 21.3. The Morgan fingerprint density at radius 2 is 1.89 bits per heavy atom. The molecule has 1 aliphatic heterocycles. The van der Waals surface area contributed by atoms with Crippen molar-refractivity contribution in [2.24, 2.45) is 10.7 Å². The van der Waals surface area contributed by atoms with E-state index in [-0.39, 0.29) is 24.1 Å². The lowest BCUT2D eigenvalue weighted by molar-refractivity contribution is 0.0952. The number of aromatic amines is 1. The second kappa shape index (κ2) is 8.82. The molecule has 36 heavy (non-hydrogen) atoms. The highest BCUT2D eigenvalue weighted by Crippen LogP contribution is 2.34. The van der Waals surface area contributed by atoms with Crippen LogP contribution in [0.15, 0.2) is 52.4 Å². The topological polar surface area (TPSA) is 105 Å². The molecular weight excluding hydrogens is 450 g/mol. The Morgan fingerprint density at radius 3 is 2.61 bits per heavy atom. The Labute approximate surface area is 210 Å². The largest absolute Gasteiger partial charge is 0.383 e. The number of nitrogens with two attached hydrogens (primary N) is 1. The van der Waals surface area contributed by atoms with Gasteiger partial charge in [0.2, 0.25) is 0 Å². The molecule has 184 valence electrons. The van der Waals surface area contributed by atoms with Crippen LogP contribution in [-0.2, 0) is 13.1 Å². The SMILES string of the molecule is Cc1cc(C)c(CNC(=O)c2cc(-c3ccc4c(c3)CN=C4N)cc3c2c(C)cn3C(C)C)c(=O)[nH]1. The summed E-state index contributed by atoms with van der Waals surface area (Å²) < 4.78 is 2.20. The Morgan fingerprint density at radius 1 is 1.11 bits per heavy atom. The molecule has 0 saturated heterocycles. The number of rotatable bonds is 5. The van der Waals surface area contributed by atoms with E-state index in [4.69, 9.17) is 5.73 Å². The Balaban J connectivity index is 1.60. The third-order valence-corrected chi connectivity index (χ3v) is 6.98. The number of carbonyl (C=O) groups excluding carboxylic acids is 1. The van der Waals surface area contributed by atoms with Crippen molar-refractivity contribution in [1.82, 2.24) is 14.9 Å². The Hall–Kier alpha value is -4.13. The fourth-order valence-corrected chi connectivity index (χ4v) is 5.14. The third-order valence-electron chi connectivity index (χ3n) is 6.98. The van der Waals surface area contributed by atoms with Gasteiger partial charge in [-0.3, -0.25) is 14.6 Å². The number of benzene rings is 2. The van der Waals surface area contributed by atoms with Gasteiger partial charge < -0.3 is 20.6 Å². The fourth-order valence-electron chi connectivity index (χ4n) is 5.14. The number of aliphatic imine (C=N–C) groups is 1. The summed E-state index contributed by atoms with van der Waals surface area (Å²) in [5.74, 6) is 0.359. The molecular formula is C29H31N5O2. The number of nitrogens with one attached hydrogen (secondary N) is 2. The number of hydrogen-bond acceptors (Lipinski definition) is 4. The highest BCUT2D eigenvalue weighted by Gasteiger charge is 2.20. The Kier molecular flexibility index (Phi) is 5.79. The van der Waals surface area contributed by atoms with E-state index in [9.17, 15) is 9.59 Å². The minimum absolute atomic E-state index is 0.158. The van der Waals surface area contributed by atoms with Crippen molar-refractivity contribution >= 4 is 22.6 Å². The molecule has 1 amide bonds. The van der Waals surface area contributed by atoms with E-state index in [1.54, 1.807) is 0 Å². The highest BCUT2D eigenvalue weighted by molar-refractivity contribution is 6.09. The second-order valence-corrected chi connectivity index (χ2v) is 9.93. The summed E-state index contributed by atoms with van der Waals surface area (Å²) in [5, 5.41) is 3.92. The molecule has 7 heteroatoms. The summed E-state index contributed by atoms with van der Waals surface area (Å²) in [5.41, 5.74) is 14.7. The number of fused-ring (bicyclic) bond motifs is 2. The third kappa shape index (κ3) is 4.00. The molecule has 0 aliphatic carbocycles. The smallest absolute Gasteiger partial charge is 0.253 e. The van der Waals surface area contributed by atoms with Crippen molar-refractivity contribution in [2.75, 3.05) is 0 Å². The number of aromatic nitrogens is 2. The van der Waals surface area contributed by atoms with Gasteiger partial charge in [-0.2, -0.15) is 0 Å². The first-order chi connectivity index (χ1) is 17.1. The number of pyridine rings is 1. The average molecular weight is 482 g/mol. The lowest BCUT2D eigenvalue weighted by Crippen LogP contribution is -2.28. The predicted octanol–water partition coefficient (Wildman–Crippen LogP) is 4.65. The number of aryl methyl sites for hydroxylation is 3. The van der Waals surface area contributed by atoms with Crippen LogP contribution in [-0.4, -0.2) is 21.3 Å². The maximum atomic E-state index is 13.6. The molecule has 0 spiro atoms. The summed E-state index contributed by atoms with van der Waals surface area (Å²) in [6.07, 6.45) is 2.10. The van der Waals surface area contributed by atoms with E-state index in [0.29, 0.717) is 23.5 Å². The van der Waals surface area contributed by atoms with E-state index in [1.165, 1.54) is 0 Å². The maximum Gasteiger partial charge on any atom is 0.253 e. The van der Waals surface area contributed by atoms with Crippen LogP contribution in [0, 0.1) is 20.8 Å². The number of carbonyl (C=O) groups is 1. The van der Waals surface area contributed by atoms with Gasteiger partial charge in [-0.05, 0) is 86.7 Å². The molecule has 2 aromatic heterocycles. The Bertz CT molecular complexity index is 1620. The van der Waals surface area contributed by atoms with Crippen molar-refractivity contribution in [1.29, 1.82) is 0 Å². The normalized spacial score (nSPS) is 12.8. The summed E-state index contributed by atoms with van der Waals surface area (Å²) in [4.78, 5) is 33.2. The molecule has 4 aromatic rings. The van der Waals surface area contributed by atoms with Crippen molar-refractivity contribution in [3.63, 3.8) is 0 Å². The molecule has 7 nitrogen and oxygen atoms in total. The van der Waals surface area contributed by atoms with E-state index in [1.807, 2.05) is 45.0 Å². The van der Waals surface area contributed by atoms with Crippen LogP contribution in [0.5, 0.6) is 0 Å². The standard InChI is InChI=1S/C29H31N5O2/c1-15(2)34-14-17(4)26-23(28(35)32-13-24-16(3)8-18(5)33-29(24)36)10-20(11-25(26)34)19-6-7-22-21(9-19)12-31-27(22)30/h6-11,14-15H,12-13H2,1-5H3,(H2,30,31)(H,32,35)(H,33,36). The molecule has 0 fully saturated rings. The zero-order valence-electron chi connectivity index (χ0n) is 21.3. The molecule has 3 heterocycles. The van der Waals surface area contributed by atoms with Gasteiger partial charge in [0.05, 0.1) is 6.54 Å². The quantitative estimate of drug-likeness (QED) is 0.386. The minimum Gasteiger partial charge on any atom is -0.383 e. The highest BCUT2D eigenvalue weighted by atomic mass is 16.1. The molecule has 5 rings (SSSR count). The summed E-state index contributed by atoms with van der Waals surface area (Å²) in [6, 6.07) is 12.4. The van der Waals surface area contributed by atoms with Gasteiger partial charge in [-0.1, -0.05) is 12.1 Å². The summed E-state index contributed by atoms with van der Waals surface area (Å²) in [6.45, 7) is 10.8. The maximum absolute atomic E-state index is 13.6. The number of H-pyrrole nitrogens is 1. The van der Waals surface area contributed by atoms with E-state index >= 15 is 0 Å². The molecule has 4 N–H and O–H groups in total. The molecule has 0 atom stereocenters. The first-order valence-corrected chi connectivity index (χ1v) is 12.2. The zero-order chi connectivity index (χ0) is 25.7. The number of hydrogen-bond donors (Lipinski definition) is 3. The number of nitrogens with zero attached hydrogens (tertiary/aromatic N) is 2. The minimum atomic E-state index is -0.209. The van der Waals surface area contributed by atoms with Crippen molar-refractivity contribution < 1.29 is 4.79 Å². The van der Waals surface area contributed by atoms with E-state index in [2.05, 4.69) is 52.0 Å². The average Bonchev–Trinajstić information content (AvgIpc) is 3.37. The van der Waals surface area contributed by atoms with Crippen LogP contribution in [0.2, 0.25) is 0 Å². The van der Waals surface area contributed by atoms with Gasteiger partial charge in [0, 0.05) is 52.1 Å². The lowest BCUT2D eigenvalue weighted by Gasteiger charge is -2.14. The monoisotopic (exact) mass is 481 g/mol. The van der Waals surface area contributed by atoms with Crippen LogP contribution >= 0.6 is 0 Å². The van der Waals surface area contributed by atoms with Crippen LogP contribution in [0.25, 0.3) is 22.0 Å². The molecule has 0 radical (unpaired) electrons. The van der Waals surface area contributed by atoms with Gasteiger partial charge in [-0.25, -0.2) is 0 Å². The molecule has 2 aromatic carbocycles. The fraction of sp³-hybridized carbons (Fsp3) is 0.276. The van der Waals surface area contributed by atoms with Crippen molar-refractivity contribution in [3.05, 3.63) is 92.0 Å². The van der Waals surface area contributed by atoms with Crippen LogP contribution in [0.1, 0.15) is 63.8 Å². The van der Waals surface area contributed by atoms with Gasteiger partial charge in [0.25, 0.3) is 11.5 Å². The van der Waals surface area contributed by atoms with Crippen LogP contribution in [0.3, 0.4) is 0 Å². The molecule has 1 aliphatic rings. The molecule has 0 unspecified atom stereocenters. The number of amidine groups is 1. The van der Waals surface area contributed by atoms with Gasteiger partial charge in [0.1, 0.15) is 5.84 Å². The van der Waals surface area contributed by atoms with Crippen LogP contribution in [0.4, 0.5) is 0 Å². The van der Waals surface area contributed by atoms with Gasteiger partial charge in [0.15, 0.2) is 0 Å². The molecule has 0 saturated carbocycles. The number of amides is 1. The predicted molar refractivity (Wildman–Crippen MR) is 145 cm³/mol. The first-order valence-electron chi connectivity index (χ1n) is 12.2. The van der Waals surface area contributed by atoms with E-state index < -0.39 is 0 Å². The van der Waals surface area contributed by atoms with Gasteiger partial charge >= 0.3 is 0 Å². The summed E-state index contributed by atoms with van der Waals surface area (Å²) >= 11 is 0. The lowest BCUT2D eigenvalue weighted by atomic mass is 9.95. The molecule has 0 bridgehead atoms. The first kappa shape index (κ1) is 23.6. The van der Waals surface area contributed by atoms with Crippen molar-refractivity contribution in [2.45, 2.75) is 53.8 Å². The summed E-state index contributed by atoms with van der Waals surface area (Å²) in [7, 11) is 0. The van der Waals surface area contributed by atoms with Gasteiger partial charge in [-0.15, -0.1) is 0 Å². The van der Waals surface area contributed by atoms with Crippen LogP contribution < -0.4 is 16.6 Å². The van der Waals surface area contributed by atoms with E-state index in [0.717, 1.165) is 50.0 Å². The van der Waals surface area contributed by atoms with Crippen molar-refractivity contribution in [3.8, 4) is 11.1 Å². The second-order valence-electron chi connectivity index (χ2n) is 9.93.